The van der Waals surface area contributed by atoms with Crippen molar-refractivity contribution in [3.63, 3.8) is 0 Å². The van der Waals surface area contributed by atoms with Gasteiger partial charge in [-0.3, -0.25) is 14.6 Å². The average Bonchev–Trinajstić information content (AvgIpc) is 2.75. The number of Topliss-reactive ketones (excluding diaryl/α,β-unsaturated/α-hetero) is 1. The number of methoxy groups -OCH3 is 1. The Morgan fingerprint density at radius 1 is 1.24 bits per heavy atom. The van der Waals surface area contributed by atoms with E-state index in [-0.39, 0.29) is 35.5 Å². The van der Waals surface area contributed by atoms with E-state index < -0.39 is 5.60 Å². The number of nitrogens with two attached hydrogens (primary N) is 1. The zero-order valence-electron chi connectivity index (χ0n) is 20.4. The van der Waals surface area contributed by atoms with Gasteiger partial charge in [0.1, 0.15) is 11.3 Å². The van der Waals surface area contributed by atoms with E-state index in [2.05, 4.69) is 4.99 Å². The van der Waals surface area contributed by atoms with Crippen LogP contribution in [0.1, 0.15) is 64.2 Å². The molecule has 0 unspecified atom stereocenters. The quantitative estimate of drug-likeness (QED) is 0.679. The molecule has 8 nitrogen and oxygen atoms in total. The number of allylic oxidation sites excluding steroid dienone is 2. The molecule has 33 heavy (non-hydrogen) atoms. The molecule has 180 valence electrons. The van der Waals surface area contributed by atoms with E-state index >= 15 is 0 Å². The maximum atomic E-state index is 13.1. The van der Waals surface area contributed by atoms with Crippen molar-refractivity contribution in [1.29, 1.82) is 0 Å². The Morgan fingerprint density at radius 3 is 2.48 bits per heavy atom. The Hall–Kier alpha value is -3.03. The van der Waals surface area contributed by atoms with Crippen molar-refractivity contribution in [3.05, 3.63) is 35.2 Å². The van der Waals surface area contributed by atoms with Gasteiger partial charge in [-0.1, -0.05) is 0 Å². The van der Waals surface area contributed by atoms with Gasteiger partial charge in [0.05, 0.1) is 31.4 Å². The van der Waals surface area contributed by atoms with E-state index in [1.54, 1.807) is 36.4 Å². The minimum Gasteiger partial charge on any atom is -0.493 e. The molecule has 0 aliphatic carbocycles. The highest BCUT2D eigenvalue weighted by Gasteiger charge is 2.44. The van der Waals surface area contributed by atoms with E-state index in [0.717, 1.165) is 0 Å². The fourth-order valence-corrected chi connectivity index (χ4v) is 3.93. The van der Waals surface area contributed by atoms with Crippen molar-refractivity contribution in [3.8, 4) is 11.5 Å². The summed E-state index contributed by atoms with van der Waals surface area (Å²) in [5.74, 6) is 1.22. The Bertz CT molecular complexity index is 967. The van der Waals surface area contributed by atoms with E-state index in [0.29, 0.717) is 48.8 Å². The Kier molecular flexibility index (Phi) is 7.05. The number of ether oxygens (including phenoxy) is 3. The van der Waals surface area contributed by atoms with Crippen LogP contribution in [0, 0.1) is 0 Å². The highest BCUT2D eigenvalue weighted by atomic mass is 16.5. The second kappa shape index (κ2) is 9.45. The maximum absolute atomic E-state index is 13.1. The Balaban J connectivity index is 1.71. The van der Waals surface area contributed by atoms with Crippen molar-refractivity contribution in [2.75, 3.05) is 20.2 Å². The molecule has 2 aliphatic heterocycles. The summed E-state index contributed by atoms with van der Waals surface area (Å²) in [7, 11) is 1.55. The molecule has 1 saturated heterocycles. The predicted molar refractivity (Wildman–Crippen MR) is 127 cm³/mol. The topological polar surface area (TPSA) is 103 Å². The molecule has 0 bridgehead atoms. The van der Waals surface area contributed by atoms with Crippen LogP contribution in [-0.2, 0) is 9.53 Å². The molecule has 0 aromatic heterocycles. The summed E-state index contributed by atoms with van der Waals surface area (Å²) in [6.45, 7) is 10.7. The second-order valence-electron chi connectivity index (χ2n) is 9.92. The standard InChI is InChI=1S/C25H35N3O5/c1-16(2)32-19-8-7-17(13-20(19)31-6)23(30)28-11-9-25(10-12-28)14-18(29)22(26)21(33-25)15-27-24(3,4)5/h7-8,13,15-16H,9-12,14,26H2,1-6H3. The molecule has 1 fully saturated rings. The molecular weight excluding hydrogens is 422 g/mol. The van der Waals surface area contributed by atoms with E-state index in [9.17, 15) is 9.59 Å². The summed E-state index contributed by atoms with van der Waals surface area (Å²) in [6, 6.07) is 5.21. The van der Waals surface area contributed by atoms with Crippen LogP contribution in [0.25, 0.3) is 0 Å². The number of ketones is 1. The molecule has 1 aromatic rings. The van der Waals surface area contributed by atoms with Crippen LogP contribution in [-0.4, -0.2) is 60.2 Å². The number of piperidine rings is 1. The smallest absolute Gasteiger partial charge is 0.253 e. The number of benzene rings is 1. The first-order valence-corrected chi connectivity index (χ1v) is 11.3. The van der Waals surface area contributed by atoms with Gasteiger partial charge in [-0.15, -0.1) is 0 Å². The molecule has 0 radical (unpaired) electrons. The molecule has 2 heterocycles. The lowest BCUT2D eigenvalue weighted by molar-refractivity contribution is -0.127. The third-order valence-electron chi connectivity index (χ3n) is 5.68. The van der Waals surface area contributed by atoms with Gasteiger partial charge < -0.3 is 24.8 Å². The molecule has 3 rings (SSSR count). The van der Waals surface area contributed by atoms with Crippen molar-refractivity contribution in [1.82, 2.24) is 4.90 Å². The first-order valence-electron chi connectivity index (χ1n) is 11.3. The van der Waals surface area contributed by atoms with Crippen molar-refractivity contribution >= 4 is 17.9 Å². The van der Waals surface area contributed by atoms with Crippen LogP contribution in [0.3, 0.4) is 0 Å². The van der Waals surface area contributed by atoms with Crippen LogP contribution >= 0.6 is 0 Å². The minimum absolute atomic E-state index is 0.00152. The minimum atomic E-state index is -0.664. The van der Waals surface area contributed by atoms with Gasteiger partial charge in [-0.2, -0.15) is 0 Å². The van der Waals surface area contributed by atoms with Gasteiger partial charge in [0.2, 0.25) is 0 Å². The molecule has 2 N–H and O–H groups in total. The lowest BCUT2D eigenvalue weighted by Crippen LogP contribution is -2.51. The van der Waals surface area contributed by atoms with Gasteiger partial charge >= 0.3 is 0 Å². The monoisotopic (exact) mass is 457 g/mol. The summed E-state index contributed by atoms with van der Waals surface area (Å²) < 4.78 is 17.4. The normalized spacial score (nSPS) is 18.8. The number of likely N-dealkylation sites (tertiary alicyclic amines) is 1. The van der Waals surface area contributed by atoms with Gasteiger partial charge in [0.15, 0.2) is 23.0 Å². The molecule has 0 atom stereocenters. The van der Waals surface area contributed by atoms with Crippen molar-refractivity contribution in [2.24, 2.45) is 10.7 Å². The first-order chi connectivity index (χ1) is 15.4. The first kappa shape index (κ1) is 24.6. The number of hydrogen-bond acceptors (Lipinski definition) is 7. The SMILES string of the molecule is COc1cc(C(=O)N2CCC3(CC2)CC(=O)C(N)=C(C=NC(C)(C)C)O3)ccc1OC(C)C. The molecule has 2 aliphatic rings. The largest absolute Gasteiger partial charge is 0.493 e. The third kappa shape index (κ3) is 5.86. The van der Waals surface area contributed by atoms with E-state index in [4.69, 9.17) is 19.9 Å². The third-order valence-corrected chi connectivity index (χ3v) is 5.68. The van der Waals surface area contributed by atoms with Crippen molar-refractivity contribution < 1.29 is 23.8 Å². The highest BCUT2D eigenvalue weighted by molar-refractivity contribution is 6.01. The number of nitrogens with zero attached hydrogens (tertiary/aromatic N) is 2. The second-order valence-corrected chi connectivity index (χ2v) is 9.92. The predicted octanol–water partition coefficient (Wildman–Crippen LogP) is 3.49. The van der Waals surface area contributed by atoms with Crippen LogP contribution < -0.4 is 15.2 Å². The summed E-state index contributed by atoms with van der Waals surface area (Å²) in [6.07, 6.45) is 2.84. The van der Waals surface area contributed by atoms with Gasteiger partial charge in [-0.25, -0.2) is 0 Å². The van der Waals surface area contributed by atoms with Crippen LogP contribution in [0.4, 0.5) is 0 Å². The molecule has 1 amide bonds. The summed E-state index contributed by atoms with van der Waals surface area (Å²) >= 11 is 0. The van der Waals surface area contributed by atoms with E-state index in [1.165, 1.54) is 0 Å². The van der Waals surface area contributed by atoms with Crippen LogP contribution in [0.5, 0.6) is 11.5 Å². The van der Waals surface area contributed by atoms with Crippen molar-refractivity contribution in [2.45, 2.75) is 71.1 Å². The summed E-state index contributed by atoms with van der Waals surface area (Å²) in [4.78, 5) is 31.9. The van der Waals surface area contributed by atoms with Crippen LogP contribution in [0.15, 0.2) is 34.6 Å². The molecule has 1 spiro atoms. The van der Waals surface area contributed by atoms with Gasteiger partial charge in [0.25, 0.3) is 5.91 Å². The highest BCUT2D eigenvalue weighted by Crippen LogP contribution is 2.37. The zero-order valence-corrected chi connectivity index (χ0v) is 20.4. The van der Waals surface area contributed by atoms with Crippen LogP contribution in [0.2, 0.25) is 0 Å². The fraction of sp³-hybridized carbons (Fsp3) is 0.560. The number of amides is 1. The molecule has 0 saturated carbocycles. The molecule has 8 heteroatoms. The lowest BCUT2D eigenvalue weighted by Gasteiger charge is -2.43. The maximum Gasteiger partial charge on any atom is 0.253 e. The molecular formula is C25H35N3O5. The fourth-order valence-electron chi connectivity index (χ4n) is 3.93. The number of carbonyl (C=O) groups is 2. The molecule has 1 aromatic carbocycles. The lowest BCUT2D eigenvalue weighted by atomic mass is 9.83. The summed E-state index contributed by atoms with van der Waals surface area (Å²) in [5, 5.41) is 0. The number of hydrogen-bond donors (Lipinski definition) is 1. The van der Waals surface area contributed by atoms with Gasteiger partial charge in [0, 0.05) is 31.5 Å². The van der Waals surface area contributed by atoms with Gasteiger partial charge in [-0.05, 0) is 52.8 Å². The summed E-state index contributed by atoms with van der Waals surface area (Å²) in [5.41, 5.74) is 5.66. The zero-order chi connectivity index (χ0) is 24.4. The van der Waals surface area contributed by atoms with E-state index in [1.807, 2.05) is 34.6 Å². The average molecular weight is 458 g/mol. The Labute approximate surface area is 195 Å². The number of aliphatic imine (C=N–C) groups is 1. The Morgan fingerprint density at radius 2 is 1.91 bits per heavy atom. The number of carbonyl (C=O) groups excluding carboxylic acids is 2. The number of rotatable bonds is 5.